The van der Waals surface area contributed by atoms with Crippen molar-refractivity contribution in [3.8, 4) is 0 Å². The predicted molar refractivity (Wildman–Crippen MR) is 111 cm³/mol. The zero-order valence-corrected chi connectivity index (χ0v) is 17.0. The molecule has 2 unspecified atom stereocenters. The highest BCUT2D eigenvalue weighted by molar-refractivity contribution is 6.42. The van der Waals surface area contributed by atoms with Gasteiger partial charge in [0.05, 0.1) is 16.7 Å². The molecule has 0 spiro atoms. The van der Waals surface area contributed by atoms with E-state index in [2.05, 4.69) is 23.5 Å². The Morgan fingerprint density at radius 3 is 2.67 bits per heavy atom. The van der Waals surface area contributed by atoms with Crippen LogP contribution in [0, 0.1) is 0 Å². The first-order valence-electron chi connectivity index (χ1n) is 9.14. The van der Waals surface area contributed by atoms with Crippen LogP contribution in [0.25, 0.3) is 6.08 Å². The average molecular weight is 404 g/mol. The van der Waals surface area contributed by atoms with Crippen molar-refractivity contribution in [3.63, 3.8) is 0 Å². The Morgan fingerprint density at radius 1 is 1.15 bits per heavy atom. The number of fused-ring (bicyclic) bond motifs is 1. The molecule has 3 nitrogen and oxygen atoms in total. The van der Waals surface area contributed by atoms with Crippen LogP contribution in [0.5, 0.6) is 0 Å². The number of rotatable bonds is 5. The summed E-state index contributed by atoms with van der Waals surface area (Å²) < 4.78 is 4.95. The maximum atomic E-state index is 11.6. The van der Waals surface area contributed by atoms with Gasteiger partial charge in [-0.3, -0.25) is 0 Å². The highest BCUT2D eigenvalue weighted by Gasteiger charge is 2.27. The number of esters is 1. The van der Waals surface area contributed by atoms with Crippen LogP contribution in [0.3, 0.4) is 0 Å². The number of carbonyl (C=O) groups is 1. The van der Waals surface area contributed by atoms with E-state index in [9.17, 15) is 4.79 Å². The van der Waals surface area contributed by atoms with Gasteiger partial charge < -0.3 is 10.1 Å². The summed E-state index contributed by atoms with van der Waals surface area (Å²) in [4.78, 5) is 11.6. The molecule has 3 rings (SSSR count). The molecule has 2 atom stereocenters. The zero-order valence-electron chi connectivity index (χ0n) is 15.5. The topological polar surface area (TPSA) is 38.3 Å². The Balaban J connectivity index is 1.95. The van der Waals surface area contributed by atoms with Crippen LogP contribution < -0.4 is 5.32 Å². The van der Waals surface area contributed by atoms with E-state index >= 15 is 0 Å². The van der Waals surface area contributed by atoms with Gasteiger partial charge in [0.15, 0.2) is 0 Å². The van der Waals surface area contributed by atoms with Crippen molar-refractivity contribution in [2.45, 2.75) is 31.7 Å². The number of nitrogens with one attached hydrogen (secondary N) is 1. The Hall–Kier alpha value is -1.81. The molecular formula is C22H23Cl2NO2. The lowest BCUT2D eigenvalue weighted by Crippen LogP contribution is -2.24. The predicted octanol–water partition coefficient (Wildman–Crippen LogP) is 5.76. The first kappa shape index (κ1) is 19.9. The SMILES string of the molecule is CCOC(=O)/C=C\c1ccc2c(c1)C(NC)CCC2c1ccc(Cl)c(Cl)c1. The minimum absolute atomic E-state index is 0.280. The monoisotopic (exact) mass is 403 g/mol. The van der Waals surface area contributed by atoms with Gasteiger partial charge in [0.2, 0.25) is 0 Å². The summed E-state index contributed by atoms with van der Waals surface area (Å²) in [7, 11) is 1.98. The third kappa shape index (κ3) is 4.55. The molecule has 0 bridgehead atoms. The van der Waals surface area contributed by atoms with E-state index in [1.807, 2.05) is 25.2 Å². The molecule has 1 N–H and O–H groups in total. The number of ether oxygens (including phenoxy) is 1. The van der Waals surface area contributed by atoms with Gasteiger partial charge in [0.25, 0.3) is 0 Å². The van der Waals surface area contributed by atoms with Crippen molar-refractivity contribution >= 4 is 35.2 Å². The second-order valence-corrected chi connectivity index (χ2v) is 7.43. The van der Waals surface area contributed by atoms with E-state index in [4.69, 9.17) is 27.9 Å². The molecule has 142 valence electrons. The van der Waals surface area contributed by atoms with Crippen LogP contribution in [0.15, 0.2) is 42.5 Å². The first-order chi connectivity index (χ1) is 13.0. The van der Waals surface area contributed by atoms with Crippen molar-refractivity contribution in [2.24, 2.45) is 0 Å². The quantitative estimate of drug-likeness (QED) is 0.509. The zero-order chi connectivity index (χ0) is 19.4. The van der Waals surface area contributed by atoms with Crippen LogP contribution in [0.1, 0.15) is 54.0 Å². The summed E-state index contributed by atoms with van der Waals surface area (Å²) in [5.41, 5.74) is 4.70. The van der Waals surface area contributed by atoms with Gasteiger partial charge in [-0.1, -0.05) is 41.4 Å². The van der Waals surface area contributed by atoms with E-state index < -0.39 is 0 Å². The number of hydrogen-bond donors (Lipinski definition) is 1. The van der Waals surface area contributed by atoms with Crippen LogP contribution in [-0.4, -0.2) is 19.6 Å². The Bertz CT molecular complexity index is 863. The fourth-order valence-corrected chi connectivity index (χ4v) is 4.00. The van der Waals surface area contributed by atoms with E-state index in [0.717, 1.165) is 18.4 Å². The summed E-state index contributed by atoms with van der Waals surface area (Å²) in [6, 6.07) is 12.5. The summed E-state index contributed by atoms with van der Waals surface area (Å²) in [6.07, 6.45) is 5.33. The standard InChI is InChI=1S/C22H23Cl2NO2/c1-3-27-22(26)11-5-14-4-7-17-16(8-10-21(25-2)18(17)12-14)15-6-9-19(23)20(24)13-15/h4-7,9,11-13,16,21,25H,3,8,10H2,1-2H3/b11-5-. The van der Waals surface area contributed by atoms with Gasteiger partial charge >= 0.3 is 5.97 Å². The average Bonchev–Trinajstić information content (AvgIpc) is 2.67. The number of hydrogen-bond acceptors (Lipinski definition) is 3. The van der Waals surface area contributed by atoms with E-state index in [1.165, 1.54) is 22.8 Å². The molecule has 0 fully saturated rings. The molecule has 1 aliphatic rings. The number of benzene rings is 2. The number of halogens is 2. The van der Waals surface area contributed by atoms with Crippen LogP contribution in [0.2, 0.25) is 10.0 Å². The molecular weight excluding hydrogens is 381 g/mol. The fourth-order valence-electron chi connectivity index (χ4n) is 3.69. The van der Waals surface area contributed by atoms with Crippen molar-refractivity contribution in [2.75, 3.05) is 13.7 Å². The maximum Gasteiger partial charge on any atom is 0.330 e. The minimum Gasteiger partial charge on any atom is -0.463 e. The summed E-state index contributed by atoms with van der Waals surface area (Å²) in [5.74, 6) is -0.0449. The summed E-state index contributed by atoms with van der Waals surface area (Å²) in [6.45, 7) is 2.17. The molecule has 0 aromatic heterocycles. The lowest BCUT2D eigenvalue weighted by Gasteiger charge is -2.32. The van der Waals surface area contributed by atoms with Crippen LogP contribution in [0.4, 0.5) is 0 Å². The molecule has 0 aliphatic heterocycles. The van der Waals surface area contributed by atoms with E-state index in [1.54, 1.807) is 13.0 Å². The Kier molecular flexibility index (Phi) is 6.59. The second kappa shape index (κ2) is 8.92. The molecule has 5 heteroatoms. The van der Waals surface area contributed by atoms with Gasteiger partial charge in [-0.2, -0.15) is 0 Å². The second-order valence-electron chi connectivity index (χ2n) is 6.62. The van der Waals surface area contributed by atoms with Crippen LogP contribution in [-0.2, 0) is 9.53 Å². The molecule has 0 heterocycles. The van der Waals surface area contributed by atoms with Gasteiger partial charge in [-0.15, -0.1) is 0 Å². The smallest absolute Gasteiger partial charge is 0.330 e. The fraction of sp³-hybridized carbons (Fsp3) is 0.318. The molecule has 0 saturated carbocycles. The molecule has 27 heavy (non-hydrogen) atoms. The molecule has 2 aromatic carbocycles. The number of carbonyl (C=O) groups excluding carboxylic acids is 1. The highest BCUT2D eigenvalue weighted by Crippen LogP contribution is 2.42. The van der Waals surface area contributed by atoms with E-state index in [0.29, 0.717) is 16.7 Å². The summed E-state index contributed by atoms with van der Waals surface area (Å²) >= 11 is 12.3. The van der Waals surface area contributed by atoms with Crippen LogP contribution >= 0.6 is 23.2 Å². The molecule has 0 amide bonds. The third-order valence-electron chi connectivity index (χ3n) is 5.00. The summed E-state index contributed by atoms with van der Waals surface area (Å²) in [5, 5.41) is 4.56. The molecule has 1 aliphatic carbocycles. The van der Waals surface area contributed by atoms with Crippen molar-refractivity contribution in [3.05, 3.63) is 74.8 Å². The van der Waals surface area contributed by atoms with Crippen molar-refractivity contribution < 1.29 is 9.53 Å². The molecule has 0 radical (unpaired) electrons. The lowest BCUT2D eigenvalue weighted by molar-refractivity contribution is -0.137. The van der Waals surface area contributed by atoms with Crippen molar-refractivity contribution in [1.82, 2.24) is 5.32 Å². The van der Waals surface area contributed by atoms with Gasteiger partial charge in [-0.25, -0.2) is 4.79 Å². The minimum atomic E-state index is -0.325. The maximum absolute atomic E-state index is 11.6. The van der Waals surface area contributed by atoms with Gasteiger partial charge in [0.1, 0.15) is 0 Å². The Labute approximate surface area is 170 Å². The van der Waals surface area contributed by atoms with Gasteiger partial charge in [-0.05, 0) is 73.3 Å². The Morgan fingerprint density at radius 2 is 1.96 bits per heavy atom. The normalized spacial score (nSPS) is 19.1. The molecule has 2 aromatic rings. The lowest BCUT2D eigenvalue weighted by atomic mass is 9.76. The van der Waals surface area contributed by atoms with E-state index in [-0.39, 0.29) is 17.9 Å². The third-order valence-corrected chi connectivity index (χ3v) is 5.74. The molecule has 0 saturated heterocycles. The highest BCUT2D eigenvalue weighted by atomic mass is 35.5. The van der Waals surface area contributed by atoms with Crippen molar-refractivity contribution in [1.29, 1.82) is 0 Å². The first-order valence-corrected chi connectivity index (χ1v) is 9.90. The largest absolute Gasteiger partial charge is 0.463 e. The van der Waals surface area contributed by atoms with Gasteiger partial charge in [0, 0.05) is 18.0 Å².